The number of amides is 2. The van der Waals surface area contributed by atoms with Crippen LogP contribution >= 0.6 is 22.7 Å². The third-order valence-electron chi connectivity index (χ3n) is 5.47. The van der Waals surface area contributed by atoms with Gasteiger partial charge in [0.1, 0.15) is 31.9 Å². The zero-order valence-electron chi connectivity index (χ0n) is 21.2. The van der Waals surface area contributed by atoms with E-state index in [9.17, 15) is 64.8 Å². The predicted molar refractivity (Wildman–Crippen MR) is 127 cm³/mol. The summed E-state index contributed by atoms with van der Waals surface area (Å²) in [5.41, 5.74) is -2.00. The van der Waals surface area contributed by atoms with Crippen molar-refractivity contribution in [2.24, 2.45) is 0 Å². The molecule has 0 unspecified atom stereocenters. The number of nitrogens with zero attached hydrogens (tertiary/aromatic N) is 2. The van der Waals surface area contributed by atoms with E-state index in [0.717, 1.165) is 38.7 Å². The van der Waals surface area contributed by atoms with Crippen molar-refractivity contribution in [2.75, 3.05) is 24.9 Å². The minimum Gasteiger partial charge on any atom is -0.465 e. The molecule has 0 radical (unpaired) electrons. The van der Waals surface area contributed by atoms with Crippen LogP contribution in [0.3, 0.4) is 0 Å². The molecule has 10 nitrogen and oxygen atoms in total. The van der Waals surface area contributed by atoms with Crippen molar-refractivity contribution >= 4 is 56.4 Å². The van der Waals surface area contributed by atoms with Gasteiger partial charge in [-0.2, -0.15) is 45.6 Å². The summed E-state index contributed by atoms with van der Waals surface area (Å²) in [7, 11) is 1.75. The Morgan fingerprint density at radius 3 is 1.19 bits per heavy atom. The van der Waals surface area contributed by atoms with Gasteiger partial charge in [-0.3, -0.25) is 9.59 Å². The van der Waals surface area contributed by atoms with E-state index in [1.54, 1.807) is 0 Å². The average Bonchev–Trinajstić information content (AvgIpc) is 3.41. The van der Waals surface area contributed by atoms with E-state index in [-0.39, 0.29) is 33.8 Å². The lowest BCUT2D eigenvalue weighted by Gasteiger charge is -2.35. The highest BCUT2D eigenvalue weighted by molar-refractivity contribution is 7.19. The monoisotopic (exact) mass is 646 g/mol. The van der Waals surface area contributed by atoms with Crippen molar-refractivity contribution < 1.29 is 63.8 Å². The maximum absolute atomic E-state index is 14.5. The fraction of sp³-hybridized carbons (Fsp3) is 0.364. The molecule has 0 saturated carbocycles. The summed E-state index contributed by atoms with van der Waals surface area (Å²) in [6, 6.07) is 2.72. The Morgan fingerprint density at radius 2 is 0.952 bits per heavy atom. The Morgan fingerprint density at radius 1 is 0.667 bits per heavy atom. The fourth-order valence-corrected chi connectivity index (χ4v) is 5.23. The van der Waals surface area contributed by atoms with E-state index in [1.165, 1.54) is 12.1 Å². The van der Waals surface area contributed by atoms with Gasteiger partial charge in [0.2, 0.25) is 0 Å². The molecule has 0 spiro atoms. The van der Waals surface area contributed by atoms with Crippen LogP contribution in [0.2, 0.25) is 0 Å². The minimum absolute atomic E-state index is 0.0627. The number of esters is 2. The lowest BCUT2D eigenvalue weighted by Crippen LogP contribution is -2.67. The Hall–Kier alpha value is -4.30. The van der Waals surface area contributed by atoms with Crippen molar-refractivity contribution in [1.82, 2.24) is 0 Å². The van der Waals surface area contributed by atoms with Crippen LogP contribution in [-0.2, 0) is 19.1 Å². The van der Waals surface area contributed by atoms with E-state index < -0.39 is 78.3 Å². The van der Waals surface area contributed by atoms with Gasteiger partial charge in [0.25, 0.3) is 0 Å². The molecule has 0 aliphatic rings. The Balaban J connectivity index is 2.47. The van der Waals surface area contributed by atoms with Crippen LogP contribution in [-0.4, -0.2) is 61.7 Å². The maximum atomic E-state index is 14.5. The summed E-state index contributed by atoms with van der Waals surface area (Å²) in [5, 5.41) is 18.4. The second kappa shape index (κ2) is 11.5. The summed E-state index contributed by atoms with van der Waals surface area (Å²) in [6.07, 6.45) is 0. The quantitative estimate of drug-likeness (QED) is 0.289. The van der Waals surface area contributed by atoms with Gasteiger partial charge in [0.15, 0.2) is 0 Å². The molecule has 2 aromatic heterocycles. The molecule has 0 atom stereocenters. The zero-order chi connectivity index (χ0) is 32.6. The number of alkyl halides is 8. The molecule has 2 heterocycles. The van der Waals surface area contributed by atoms with E-state index >= 15 is 0 Å². The third kappa shape index (κ3) is 5.23. The van der Waals surface area contributed by atoms with Gasteiger partial charge in [0.05, 0.1) is 25.3 Å². The van der Waals surface area contributed by atoms with Crippen molar-refractivity contribution in [2.45, 2.75) is 37.5 Å². The molecule has 0 aliphatic heterocycles. The molecule has 2 rings (SSSR count). The standard InChI is InChI=1S/C22H14F8N4O6S2/c1-7-9(5-31)13(41-11(7)15(35)39-3)33-17(37)19(23,24)21(27,28)22(29,30)20(25,26)18(38)34-14-10(6-32)8(2)12(42-14)16(36)40-4/h1-4H3,(H,33,37)(H,34,38). The highest BCUT2D eigenvalue weighted by Gasteiger charge is 2.84. The van der Waals surface area contributed by atoms with Crippen molar-refractivity contribution in [3.63, 3.8) is 0 Å². The van der Waals surface area contributed by atoms with Crippen LogP contribution in [0.5, 0.6) is 0 Å². The number of nitrogens with one attached hydrogen (secondary N) is 2. The van der Waals surface area contributed by atoms with Crippen LogP contribution in [0, 0.1) is 36.5 Å². The number of carbonyl (C=O) groups is 4. The molecular weight excluding hydrogens is 632 g/mol. The number of rotatable bonds is 9. The normalized spacial score (nSPS) is 12.1. The molecule has 0 aromatic carbocycles. The summed E-state index contributed by atoms with van der Waals surface area (Å²) in [4.78, 5) is 46.6. The second-order valence-electron chi connectivity index (χ2n) is 7.93. The average molecular weight is 646 g/mol. The number of halogens is 8. The smallest absolute Gasteiger partial charge is 0.393 e. The van der Waals surface area contributed by atoms with E-state index in [4.69, 9.17) is 0 Å². The van der Waals surface area contributed by atoms with Gasteiger partial charge >= 0.3 is 47.4 Å². The van der Waals surface area contributed by atoms with E-state index in [1.807, 2.05) is 0 Å². The molecule has 0 aliphatic carbocycles. The van der Waals surface area contributed by atoms with Crippen LogP contribution in [0.15, 0.2) is 0 Å². The third-order valence-corrected chi connectivity index (χ3v) is 7.84. The van der Waals surface area contributed by atoms with Crippen LogP contribution < -0.4 is 10.6 Å². The number of methoxy groups -OCH3 is 2. The number of nitriles is 2. The first-order valence-electron chi connectivity index (χ1n) is 10.6. The molecule has 2 aromatic rings. The van der Waals surface area contributed by atoms with Gasteiger partial charge in [0, 0.05) is 0 Å². The van der Waals surface area contributed by atoms with Gasteiger partial charge < -0.3 is 20.1 Å². The first-order chi connectivity index (χ1) is 19.2. The van der Waals surface area contributed by atoms with Crippen molar-refractivity contribution in [1.29, 1.82) is 10.5 Å². The number of anilines is 2. The van der Waals surface area contributed by atoms with Crippen molar-refractivity contribution in [3.8, 4) is 12.1 Å². The summed E-state index contributed by atoms with van der Waals surface area (Å²) in [5.74, 6) is -36.7. The largest absolute Gasteiger partial charge is 0.465 e. The number of carbonyl (C=O) groups excluding carboxylic acids is 4. The highest BCUT2D eigenvalue weighted by atomic mass is 32.1. The maximum Gasteiger partial charge on any atom is 0.393 e. The molecular formula is C22H14F8N4O6S2. The first kappa shape index (κ1) is 33.9. The Bertz CT molecular complexity index is 1440. The van der Waals surface area contributed by atoms with Gasteiger partial charge in [-0.25, -0.2) is 9.59 Å². The van der Waals surface area contributed by atoms with E-state index in [0.29, 0.717) is 0 Å². The molecule has 2 amide bonds. The van der Waals surface area contributed by atoms with Crippen LogP contribution in [0.1, 0.15) is 41.6 Å². The Labute approximate surface area is 237 Å². The van der Waals surface area contributed by atoms with Gasteiger partial charge in [-0.15, -0.1) is 22.7 Å². The zero-order valence-corrected chi connectivity index (χ0v) is 22.8. The Kier molecular flexibility index (Phi) is 9.31. The number of hydrogen-bond donors (Lipinski definition) is 2. The summed E-state index contributed by atoms with van der Waals surface area (Å²) in [6.45, 7) is 2.13. The number of thiophene rings is 2. The summed E-state index contributed by atoms with van der Waals surface area (Å²) >= 11 is 0.125. The van der Waals surface area contributed by atoms with Crippen LogP contribution in [0.25, 0.3) is 0 Å². The first-order valence-corrected chi connectivity index (χ1v) is 12.2. The molecule has 0 saturated heterocycles. The van der Waals surface area contributed by atoms with Gasteiger partial charge in [-0.1, -0.05) is 0 Å². The highest BCUT2D eigenvalue weighted by Crippen LogP contribution is 2.53. The van der Waals surface area contributed by atoms with E-state index in [2.05, 4.69) is 9.47 Å². The molecule has 2 N–H and O–H groups in total. The fourth-order valence-electron chi connectivity index (χ4n) is 3.09. The summed E-state index contributed by atoms with van der Waals surface area (Å²) < 4.78 is 125. The molecule has 42 heavy (non-hydrogen) atoms. The van der Waals surface area contributed by atoms with Crippen molar-refractivity contribution in [3.05, 3.63) is 32.0 Å². The van der Waals surface area contributed by atoms with Crippen LogP contribution in [0.4, 0.5) is 45.1 Å². The molecule has 0 bridgehead atoms. The molecule has 20 heteroatoms. The molecule has 0 fully saturated rings. The number of ether oxygens (including phenoxy) is 2. The topological polar surface area (TPSA) is 158 Å². The minimum atomic E-state index is -7.27. The SMILES string of the molecule is COC(=O)c1sc(NC(=O)C(F)(F)C(F)(F)C(F)(F)C(F)(F)C(=O)Nc2sc(C(=O)OC)c(C)c2C#N)c(C#N)c1C. The predicted octanol–water partition coefficient (Wildman–Crippen LogP) is 4.86. The molecule has 226 valence electrons. The lowest BCUT2D eigenvalue weighted by atomic mass is 9.97. The second-order valence-corrected chi connectivity index (χ2v) is 9.97. The van der Waals surface area contributed by atoms with Gasteiger partial charge in [-0.05, 0) is 25.0 Å². The number of hydrogen-bond acceptors (Lipinski definition) is 10. The lowest BCUT2D eigenvalue weighted by molar-refractivity contribution is -0.345.